The van der Waals surface area contributed by atoms with Gasteiger partial charge in [-0.25, -0.2) is 0 Å². The van der Waals surface area contributed by atoms with Gasteiger partial charge in [-0.2, -0.15) is 0 Å². The summed E-state index contributed by atoms with van der Waals surface area (Å²) in [6, 6.07) is 9.85. The van der Waals surface area contributed by atoms with Gasteiger partial charge in [0.05, 0.1) is 13.2 Å². The first kappa shape index (κ1) is 16.4. The monoisotopic (exact) mass is 319 g/mol. The van der Waals surface area contributed by atoms with Crippen molar-refractivity contribution < 1.29 is 19.7 Å². The van der Waals surface area contributed by atoms with Gasteiger partial charge < -0.3 is 19.8 Å². The smallest absolute Gasteiger partial charge is 0.321 e. The number of aliphatic hydroxyl groups excluding tert-OH is 2. The highest BCUT2D eigenvalue weighted by molar-refractivity contribution is 5.83. The van der Waals surface area contributed by atoms with Crippen LogP contribution in [0.15, 0.2) is 30.3 Å². The second kappa shape index (κ2) is 6.59. The Kier molecular flexibility index (Phi) is 4.71. The number of benzene rings is 1. The lowest BCUT2D eigenvalue weighted by Gasteiger charge is -2.37. The number of aliphatic hydroxyl groups is 2. The van der Waals surface area contributed by atoms with Crippen LogP contribution in [0.5, 0.6) is 0 Å². The van der Waals surface area contributed by atoms with E-state index in [1.54, 1.807) is 24.3 Å². The van der Waals surface area contributed by atoms with Gasteiger partial charge in [-0.3, -0.25) is 4.79 Å². The summed E-state index contributed by atoms with van der Waals surface area (Å²) in [5, 5.41) is 19.6. The molecule has 1 unspecified atom stereocenters. The van der Waals surface area contributed by atoms with Crippen molar-refractivity contribution in [3.8, 4) is 0 Å². The highest BCUT2D eigenvalue weighted by Gasteiger charge is 2.45. The fourth-order valence-electron chi connectivity index (χ4n) is 3.96. The second-order valence-electron chi connectivity index (χ2n) is 6.81. The minimum atomic E-state index is -1.39. The van der Waals surface area contributed by atoms with Gasteiger partial charge >= 0.3 is 5.97 Å². The van der Waals surface area contributed by atoms with Crippen molar-refractivity contribution in [3.63, 3.8) is 0 Å². The molecule has 2 heterocycles. The van der Waals surface area contributed by atoms with E-state index in [4.69, 9.17) is 4.74 Å². The first-order valence-corrected chi connectivity index (χ1v) is 8.31. The van der Waals surface area contributed by atoms with Crippen molar-refractivity contribution in [2.45, 2.75) is 49.3 Å². The number of carbonyl (C=O) groups is 1. The summed E-state index contributed by atoms with van der Waals surface area (Å²) in [5.41, 5.74) is -0.796. The van der Waals surface area contributed by atoms with E-state index in [1.807, 2.05) is 6.07 Å². The number of piperidine rings is 1. The van der Waals surface area contributed by atoms with Gasteiger partial charge in [0.15, 0.2) is 0 Å². The highest BCUT2D eigenvalue weighted by Crippen LogP contribution is 2.36. The molecule has 2 saturated heterocycles. The van der Waals surface area contributed by atoms with Crippen LogP contribution in [0.2, 0.25) is 0 Å². The molecule has 2 aliphatic rings. The van der Waals surface area contributed by atoms with Crippen molar-refractivity contribution in [2.24, 2.45) is 0 Å². The standard InChI is InChI=1S/C18H25NO4/c1-19-14-7-8-15(19)10-16(9-14)23-17(22)18(11-20,12-21)13-5-3-2-4-6-13/h2-6,14-16,20-21H,7-12H2,1H3/t14-,15+,16?. The van der Waals surface area contributed by atoms with Crippen LogP contribution in [0.1, 0.15) is 31.2 Å². The quantitative estimate of drug-likeness (QED) is 0.795. The number of carbonyl (C=O) groups excluding carboxylic acids is 1. The Bertz CT molecular complexity index is 529. The van der Waals surface area contributed by atoms with Gasteiger partial charge in [-0.15, -0.1) is 0 Å². The lowest BCUT2D eigenvalue weighted by atomic mass is 9.82. The molecule has 0 spiro atoms. The Balaban J connectivity index is 1.75. The number of rotatable bonds is 5. The zero-order valence-corrected chi connectivity index (χ0v) is 13.5. The fraction of sp³-hybridized carbons (Fsp3) is 0.611. The van der Waals surface area contributed by atoms with E-state index < -0.39 is 24.6 Å². The Morgan fingerprint density at radius 1 is 1.17 bits per heavy atom. The zero-order valence-electron chi connectivity index (χ0n) is 13.5. The van der Waals surface area contributed by atoms with Gasteiger partial charge in [-0.1, -0.05) is 30.3 Å². The van der Waals surface area contributed by atoms with E-state index in [9.17, 15) is 15.0 Å². The van der Waals surface area contributed by atoms with E-state index in [0.717, 1.165) is 25.7 Å². The van der Waals surface area contributed by atoms with Crippen LogP contribution in [0.25, 0.3) is 0 Å². The molecule has 23 heavy (non-hydrogen) atoms. The van der Waals surface area contributed by atoms with Crippen LogP contribution in [-0.4, -0.2) is 59.5 Å². The van der Waals surface area contributed by atoms with Crippen LogP contribution >= 0.6 is 0 Å². The van der Waals surface area contributed by atoms with Gasteiger partial charge in [0.1, 0.15) is 11.5 Å². The van der Waals surface area contributed by atoms with E-state index in [-0.39, 0.29) is 6.10 Å². The Morgan fingerprint density at radius 2 is 1.74 bits per heavy atom. The van der Waals surface area contributed by atoms with Crippen molar-refractivity contribution in [1.82, 2.24) is 4.90 Å². The minimum Gasteiger partial charge on any atom is -0.461 e. The average Bonchev–Trinajstić information content (AvgIpc) is 2.79. The van der Waals surface area contributed by atoms with Gasteiger partial charge in [0.25, 0.3) is 0 Å². The maximum Gasteiger partial charge on any atom is 0.321 e. The van der Waals surface area contributed by atoms with E-state index in [0.29, 0.717) is 17.6 Å². The number of hydrogen-bond acceptors (Lipinski definition) is 5. The third-order valence-corrected chi connectivity index (χ3v) is 5.59. The van der Waals surface area contributed by atoms with Gasteiger partial charge in [-0.05, 0) is 38.3 Å². The van der Waals surface area contributed by atoms with E-state index in [1.165, 1.54) is 0 Å². The molecular weight excluding hydrogens is 294 g/mol. The molecule has 0 aliphatic carbocycles. The third-order valence-electron chi connectivity index (χ3n) is 5.59. The maximum absolute atomic E-state index is 12.8. The van der Waals surface area contributed by atoms with Crippen LogP contribution < -0.4 is 0 Å². The normalized spacial score (nSPS) is 27.9. The molecule has 1 aromatic carbocycles. The molecule has 126 valence electrons. The number of ether oxygens (including phenoxy) is 1. The third kappa shape index (κ3) is 2.89. The van der Waals surface area contributed by atoms with Gasteiger partial charge in [0, 0.05) is 12.1 Å². The summed E-state index contributed by atoms with van der Waals surface area (Å²) >= 11 is 0. The molecule has 0 amide bonds. The van der Waals surface area contributed by atoms with Crippen molar-refractivity contribution >= 4 is 5.97 Å². The lowest BCUT2D eigenvalue weighted by molar-refractivity contribution is -0.163. The summed E-state index contributed by atoms with van der Waals surface area (Å²) in [7, 11) is 2.14. The Morgan fingerprint density at radius 3 is 2.26 bits per heavy atom. The Labute approximate surface area is 136 Å². The molecule has 0 radical (unpaired) electrons. The maximum atomic E-state index is 12.8. The van der Waals surface area contributed by atoms with E-state index >= 15 is 0 Å². The molecule has 5 nitrogen and oxygen atoms in total. The lowest BCUT2D eigenvalue weighted by Crippen LogP contribution is -2.49. The number of fused-ring (bicyclic) bond motifs is 2. The zero-order chi connectivity index (χ0) is 16.4. The molecular formula is C18H25NO4. The largest absolute Gasteiger partial charge is 0.461 e. The van der Waals surface area contributed by atoms with Gasteiger partial charge in [0.2, 0.25) is 0 Å². The molecule has 0 aromatic heterocycles. The molecule has 3 atom stereocenters. The highest BCUT2D eigenvalue weighted by atomic mass is 16.5. The van der Waals surface area contributed by atoms with Crippen LogP contribution in [-0.2, 0) is 14.9 Å². The first-order valence-electron chi connectivity index (χ1n) is 8.31. The molecule has 2 aliphatic heterocycles. The number of hydrogen-bond donors (Lipinski definition) is 2. The topological polar surface area (TPSA) is 70.0 Å². The minimum absolute atomic E-state index is 0.127. The van der Waals surface area contributed by atoms with Crippen LogP contribution in [0.3, 0.4) is 0 Å². The van der Waals surface area contributed by atoms with Crippen LogP contribution in [0, 0.1) is 0 Å². The first-order chi connectivity index (χ1) is 11.1. The molecule has 2 fully saturated rings. The van der Waals surface area contributed by atoms with E-state index in [2.05, 4.69) is 11.9 Å². The molecule has 5 heteroatoms. The second-order valence-corrected chi connectivity index (χ2v) is 6.81. The molecule has 2 N–H and O–H groups in total. The summed E-state index contributed by atoms with van der Waals surface area (Å²) in [4.78, 5) is 15.1. The summed E-state index contributed by atoms with van der Waals surface area (Å²) in [6.07, 6.45) is 3.84. The Hall–Kier alpha value is -1.43. The SMILES string of the molecule is CN1[C@@H]2CC[C@H]1CC(OC(=O)C(CO)(CO)c1ccccc1)C2. The van der Waals surface area contributed by atoms with Crippen molar-refractivity contribution in [3.05, 3.63) is 35.9 Å². The number of nitrogens with zero attached hydrogens (tertiary/aromatic N) is 1. The molecule has 2 bridgehead atoms. The predicted molar refractivity (Wildman–Crippen MR) is 86.0 cm³/mol. The van der Waals surface area contributed by atoms with Crippen molar-refractivity contribution in [1.29, 1.82) is 0 Å². The average molecular weight is 319 g/mol. The molecule has 3 rings (SSSR count). The fourth-order valence-corrected chi connectivity index (χ4v) is 3.96. The summed E-state index contributed by atoms with van der Waals surface area (Å²) in [6.45, 7) is -0.933. The van der Waals surface area contributed by atoms with Crippen molar-refractivity contribution in [2.75, 3.05) is 20.3 Å². The molecule has 0 saturated carbocycles. The molecule has 1 aromatic rings. The number of esters is 1. The predicted octanol–water partition coefficient (Wildman–Crippen LogP) is 1.08. The summed E-state index contributed by atoms with van der Waals surface area (Å²) in [5.74, 6) is -0.525. The summed E-state index contributed by atoms with van der Waals surface area (Å²) < 4.78 is 5.74. The van der Waals surface area contributed by atoms with Crippen LogP contribution in [0.4, 0.5) is 0 Å².